The van der Waals surface area contributed by atoms with E-state index < -0.39 is 11.8 Å². The van der Waals surface area contributed by atoms with Crippen LogP contribution < -0.4 is 0 Å². The minimum Gasteiger partial charge on any atom is -0.461 e. The van der Waals surface area contributed by atoms with Gasteiger partial charge in [0.15, 0.2) is 0 Å². The van der Waals surface area contributed by atoms with Gasteiger partial charge in [0.25, 0.3) is 0 Å². The molecular formula is C14H18O4. The van der Waals surface area contributed by atoms with Crippen LogP contribution in [-0.2, 0) is 19.1 Å². The van der Waals surface area contributed by atoms with Gasteiger partial charge in [-0.05, 0) is 12.8 Å². The van der Waals surface area contributed by atoms with E-state index in [1.165, 1.54) is 12.2 Å². The monoisotopic (exact) mass is 250 g/mol. The third kappa shape index (κ3) is 3.87. The SMILES string of the molecule is C=CCOC(=O)[C@H]1CC=CC[C@H]1C(=O)OCC=C. The van der Waals surface area contributed by atoms with Crippen molar-refractivity contribution in [2.45, 2.75) is 12.8 Å². The average molecular weight is 250 g/mol. The third-order valence-corrected chi connectivity index (χ3v) is 2.72. The first-order valence-corrected chi connectivity index (χ1v) is 5.90. The molecule has 0 spiro atoms. The third-order valence-electron chi connectivity index (χ3n) is 2.72. The molecule has 4 heteroatoms. The summed E-state index contributed by atoms with van der Waals surface area (Å²) < 4.78 is 9.99. The molecule has 1 aliphatic rings. The number of carbonyl (C=O) groups excluding carboxylic acids is 2. The van der Waals surface area contributed by atoms with Gasteiger partial charge in [-0.1, -0.05) is 37.5 Å². The van der Waals surface area contributed by atoms with Gasteiger partial charge in [-0.15, -0.1) is 0 Å². The summed E-state index contributed by atoms with van der Waals surface area (Å²) in [7, 11) is 0. The van der Waals surface area contributed by atoms with Crippen molar-refractivity contribution in [3.63, 3.8) is 0 Å². The van der Waals surface area contributed by atoms with Crippen LogP contribution in [0.15, 0.2) is 37.5 Å². The fraction of sp³-hybridized carbons (Fsp3) is 0.429. The molecule has 98 valence electrons. The number of hydrogen-bond donors (Lipinski definition) is 0. The largest absolute Gasteiger partial charge is 0.461 e. The van der Waals surface area contributed by atoms with Gasteiger partial charge in [0.05, 0.1) is 11.8 Å². The highest BCUT2D eigenvalue weighted by atomic mass is 16.5. The highest BCUT2D eigenvalue weighted by Crippen LogP contribution is 2.28. The summed E-state index contributed by atoms with van der Waals surface area (Å²) in [5, 5.41) is 0. The molecule has 0 saturated carbocycles. The molecule has 0 aromatic carbocycles. The van der Waals surface area contributed by atoms with E-state index in [4.69, 9.17) is 9.47 Å². The van der Waals surface area contributed by atoms with Crippen LogP contribution in [0.25, 0.3) is 0 Å². The van der Waals surface area contributed by atoms with Gasteiger partial charge >= 0.3 is 11.9 Å². The Morgan fingerprint density at radius 1 is 1.00 bits per heavy atom. The number of carbonyl (C=O) groups is 2. The molecule has 0 bridgehead atoms. The lowest BCUT2D eigenvalue weighted by molar-refractivity contribution is -0.159. The predicted octanol–water partition coefficient (Wildman–Crippen LogP) is 2.03. The van der Waals surface area contributed by atoms with Gasteiger partial charge in [0, 0.05) is 0 Å². The van der Waals surface area contributed by atoms with Crippen molar-refractivity contribution in [3.8, 4) is 0 Å². The summed E-state index contributed by atoms with van der Waals surface area (Å²) in [5.74, 6) is -1.68. The van der Waals surface area contributed by atoms with E-state index >= 15 is 0 Å². The van der Waals surface area contributed by atoms with E-state index in [1.54, 1.807) is 0 Å². The normalized spacial score (nSPS) is 22.0. The van der Waals surface area contributed by atoms with Gasteiger partial charge in [-0.3, -0.25) is 9.59 Å². The Kier molecular flexibility index (Phi) is 5.91. The zero-order chi connectivity index (χ0) is 13.4. The number of hydrogen-bond acceptors (Lipinski definition) is 4. The van der Waals surface area contributed by atoms with Crippen LogP contribution in [0.3, 0.4) is 0 Å². The van der Waals surface area contributed by atoms with E-state index in [9.17, 15) is 9.59 Å². The average Bonchev–Trinajstić information content (AvgIpc) is 2.42. The zero-order valence-corrected chi connectivity index (χ0v) is 10.3. The Morgan fingerprint density at radius 2 is 1.39 bits per heavy atom. The van der Waals surface area contributed by atoms with Crippen LogP contribution in [0.5, 0.6) is 0 Å². The second-order valence-electron chi connectivity index (χ2n) is 3.99. The molecule has 18 heavy (non-hydrogen) atoms. The van der Waals surface area contributed by atoms with E-state index in [1.807, 2.05) is 12.2 Å². The molecule has 0 N–H and O–H groups in total. The number of rotatable bonds is 6. The number of allylic oxidation sites excluding steroid dienone is 2. The van der Waals surface area contributed by atoms with Crippen molar-refractivity contribution in [1.82, 2.24) is 0 Å². The van der Waals surface area contributed by atoms with Crippen molar-refractivity contribution in [2.24, 2.45) is 11.8 Å². The van der Waals surface area contributed by atoms with E-state index in [2.05, 4.69) is 13.2 Å². The molecule has 0 amide bonds. The zero-order valence-electron chi connectivity index (χ0n) is 10.3. The molecule has 0 saturated heterocycles. The van der Waals surface area contributed by atoms with Crippen LogP contribution in [0.2, 0.25) is 0 Å². The first-order chi connectivity index (χ1) is 8.70. The van der Waals surface area contributed by atoms with Crippen molar-refractivity contribution in [3.05, 3.63) is 37.5 Å². The second-order valence-corrected chi connectivity index (χ2v) is 3.99. The van der Waals surface area contributed by atoms with Crippen LogP contribution >= 0.6 is 0 Å². The Hall–Kier alpha value is -1.84. The van der Waals surface area contributed by atoms with Crippen LogP contribution in [0.1, 0.15) is 12.8 Å². The summed E-state index contributed by atoms with van der Waals surface area (Å²) in [4.78, 5) is 23.6. The Bertz CT molecular complexity index is 323. The van der Waals surface area contributed by atoms with Gasteiger partial charge < -0.3 is 9.47 Å². The van der Waals surface area contributed by atoms with Crippen LogP contribution in [-0.4, -0.2) is 25.2 Å². The fourth-order valence-electron chi connectivity index (χ4n) is 1.83. The highest BCUT2D eigenvalue weighted by molar-refractivity contribution is 5.82. The minimum atomic E-state index is -0.465. The summed E-state index contributed by atoms with van der Waals surface area (Å²) >= 11 is 0. The topological polar surface area (TPSA) is 52.6 Å². The minimum absolute atomic E-state index is 0.160. The van der Waals surface area contributed by atoms with Crippen LogP contribution in [0.4, 0.5) is 0 Å². The maximum atomic E-state index is 11.8. The lowest BCUT2D eigenvalue weighted by Gasteiger charge is -2.24. The van der Waals surface area contributed by atoms with Crippen molar-refractivity contribution in [1.29, 1.82) is 0 Å². The van der Waals surface area contributed by atoms with Gasteiger partial charge in [0.2, 0.25) is 0 Å². The highest BCUT2D eigenvalue weighted by Gasteiger charge is 2.35. The summed E-state index contributed by atoms with van der Waals surface area (Å²) in [6, 6.07) is 0. The van der Waals surface area contributed by atoms with Crippen molar-refractivity contribution < 1.29 is 19.1 Å². The molecular weight excluding hydrogens is 232 g/mol. The molecule has 0 aliphatic heterocycles. The predicted molar refractivity (Wildman–Crippen MR) is 67.7 cm³/mol. The van der Waals surface area contributed by atoms with Crippen molar-refractivity contribution in [2.75, 3.05) is 13.2 Å². The quantitative estimate of drug-likeness (QED) is 0.534. The first-order valence-electron chi connectivity index (χ1n) is 5.90. The maximum absolute atomic E-state index is 11.8. The Labute approximate surface area is 107 Å². The number of esters is 2. The van der Waals surface area contributed by atoms with E-state index in [-0.39, 0.29) is 25.2 Å². The standard InChI is InChI=1S/C14H18O4/c1-3-9-17-13(15)11-7-5-6-8-12(11)14(16)18-10-4-2/h3-6,11-12H,1-2,7-10H2/t11-,12+. The molecule has 4 nitrogen and oxygen atoms in total. The lowest BCUT2D eigenvalue weighted by Crippen LogP contribution is -2.33. The fourth-order valence-corrected chi connectivity index (χ4v) is 1.83. The smallest absolute Gasteiger partial charge is 0.310 e. The molecule has 0 aromatic heterocycles. The van der Waals surface area contributed by atoms with Crippen LogP contribution in [0, 0.1) is 11.8 Å². The van der Waals surface area contributed by atoms with Gasteiger partial charge in [0.1, 0.15) is 13.2 Å². The van der Waals surface area contributed by atoms with Gasteiger partial charge in [-0.25, -0.2) is 0 Å². The van der Waals surface area contributed by atoms with Gasteiger partial charge in [-0.2, -0.15) is 0 Å². The molecule has 1 rings (SSSR count). The Morgan fingerprint density at radius 3 is 1.72 bits per heavy atom. The van der Waals surface area contributed by atoms with E-state index in [0.29, 0.717) is 12.8 Å². The lowest BCUT2D eigenvalue weighted by atomic mass is 9.83. The summed E-state index contributed by atoms with van der Waals surface area (Å²) in [6.07, 6.45) is 7.78. The maximum Gasteiger partial charge on any atom is 0.310 e. The molecule has 0 aromatic rings. The summed E-state index contributed by atoms with van der Waals surface area (Å²) in [6.45, 7) is 7.28. The molecule has 2 atom stereocenters. The first kappa shape index (κ1) is 14.2. The number of ether oxygens (including phenoxy) is 2. The molecule has 0 heterocycles. The van der Waals surface area contributed by atoms with E-state index in [0.717, 1.165) is 0 Å². The molecule has 0 fully saturated rings. The Balaban J connectivity index is 2.64. The van der Waals surface area contributed by atoms with Crippen molar-refractivity contribution >= 4 is 11.9 Å². The molecule has 0 unspecified atom stereocenters. The summed E-state index contributed by atoms with van der Waals surface area (Å²) in [5.41, 5.74) is 0. The molecule has 1 aliphatic carbocycles. The second kappa shape index (κ2) is 7.48. The molecule has 0 radical (unpaired) electrons.